The normalized spacial score (nSPS) is 19.5. The van der Waals surface area contributed by atoms with E-state index in [9.17, 15) is 8.78 Å². The lowest BCUT2D eigenvalue weighted by Gasteiger charge is -2.29. The van der Waals surface area contributed by atoms with Gasteiger partial charge in [0.25, 0.3) is 0 Å². The fourth-order valence-electron chi connectivity index (χ4n) is 2.64. The molecule has 1 aliphatic heterocycles. The molecule has 118 valence electrons. The predicted octanol–water partition coefficient (Wildman–Crippen LogP) is 2.94. The maximum atomic E-state index is 13.8. The summed E-state index contributed by atoms with van der Waals surface area (Å²) in [6.45, 7) is 5.37. The molecule has 0 bridgehead atoms. The van der Waals surface area contributed by atoms with Gasteiger partial charge in [0, 0.05) is 25.7 Å². The van der Waals surface area contributed by atoms with Gasteiger partial charge in [0.1, 0.15) is 0 Å². The van der Waals surface area contributed by atoms with E-state index in [1.807, 2.05) is 6.92 Å². The lowest BCUT2D eigenvalue weighted by molar-refractivity contribution is 0.217. The Morgan fingerprint density at radius 3 is 2.67 bits per heavy atom. The highest BCUT2D eigenvalue weighted by Gasteiger charge is 2.18. The molecule has 6 heteroatoms. The van der Waals surface area contributed by atoms with Gasteiger partial charge in [-0.25, -0.2) is 13.8 Å². The molecule has 0 amide bonds. The minimum absolute atomic E-state index is 0.113. The van der Waals surface area contributed by atoms with Gasteiger partial charge in [-0.05, 0) is 38.8 Å². The van der Waals surface area contributed by atoms with Crippen molar-refractivity contribution in [3.63, 3.8) is 0 Å². The standard InChI is InChI=1S/C15H24F2N4/c1-3-6-18-14-12(16)8-13(17)15(20-14)19-9-11-5-4-7-21(2)10-11/h8,11H,3-7,9-10H2,1-2H3,(H2,18,19,20). The Labute approximate surface area is 124 Å². The molecule has 1 aromatic rings. The molecule has 0 saturated carbocycles. The number of pyridine rings is 1. The van der Waals surface area contributed by atoms with E-state index in [1.165, 1.54) is 0 Å². The number of nitrogens with zero attached hydrogens (tertiary/aromatic N) is 2. The summed E-state index contributed by atoms with van der Waals surface area (Å²) in [7, 11) is 2.09. The average molecular weight is 298 g/mol. The minimum atomic E-state index is -0.649. The van der Waals surface area contributed by atoms with Crippen LogP contribution in [0.15, 0.2) is 6.07 Å². The topological polar surface area (TPSA) is 40.2 Å². The van der Waals surface area contributed by atoms with Crippen LogP contribution in [0, 0.1) is 17.6 Å². The van der Waals surface area contributed by atoms with Crippen LogP contribution in [0.25, 0.3) is 0 Å². The Morgan fingerprint density at radius 1 is 1.29 bits per heavy atom. The summed E-state index contributed by atoms with van der Waals surface area (Å²) in [5.74, 6) is -0.575. The molecule has 0 aromatic carbocycles. The second-order valence-electron chi connectivity index (χ2n) is 5.73. The molecule has 1 unspecified atom stereocenters. The number of aromatic nitrogens is 1. The minimum Gasteiger partial charge on any atom is -0.368 e. The molecule has 21 heavy (non-hydrogen) atoms. The van der Waals surface area contributed by atoms with Crippen LogP contribution in [-0.2, 0) is 0 Å². The van der Waals surface area contributed by atoms with Crippen LogP contribution in [0.4, 0.5) is 20.4 Å². The third kappa shape index (κ3) is 4.52. The summed E-state index contributed by atoms with van der Waals surface area (Å²) in [6.07, 6.45) is 3.14. The van der Waals surface area contributed by atoms with E-state index >= 15 is 0 Å². The van der Waals surface area contributed by atoms with Crippen molar-refractivity contribution in [1.82, 2.24) is 9.88 Å². The van der Waals surface area contributed by atoms with E-state index in [1.54, 1.807) is 0 Å². The maximum absolute atomic E-state index is 13.8. The molecule has 2 rings (SSSR count). The van der Waals surface area contributed by atoms with Gasteiger partial charge >= 0.3 is 0 Å². The van der Waals surface area contributed by atoms with Gasteiger partial charge in [-0.2, -0.15) is 0 Å². The number of halogens is 2. The zero-order valence-corrected chi connectivity index (χ0v) is 12.8. The zero-order chi connectivity index (χ0) is 15.2. The first kappa shape index (κ1) is 15.9. The van der Waals surface area contributed by atoms with Crippen LogP contribution in [0.1, 0.15) is 26.2 Å². The highest BCUT2D eigenvalue weighted by Crippen LogP contribution is 2.21. The molecule has 1 fully saturated rings. The third-order valence-corrected chi connectivity index (χ3v) is 3.75. The van der Waals surface area contributed by atoms with E-state index in [4.69, 9.17) is 0 Å². The van der Waals surface area contributed by atoms with E-state index in [0.717, 1.165) is 38.4 Å². The smallest absolute Gasteiger partial charge is 0.168 e. The van der Waals surface area contributed by atoms with Gasteiger partial charge in [0.05, 0.1) is 0 Å². The molecule has 1 atom stereocenters. The van der Waals surface area contributed by atoms with Gasteiger partial charge in [-0.3, -0.25) is 0 Å². The Hall–Kier alpha value is -1.43. The molecular weight excluding hydrogens is 274 g/mol. The molecule has 0 radical (unpaired) electrons. The predicted molar refractivity (Wildman–Crippen MR) is 81.6 cm³/mol. The highest BCUT2D eigenvalue weighted by atomic mass is 19.1. The van der Waals surface area contributed by atoms with Crippen molar-refractivity contribution < 1.29 is 8.78 Å². The number of rotatable bonds is 6. The molecule has 0 spiro atoms. The van der Waals surface area contributed by atoms with Crippen LogP contribution < -0.4 is 10.6 Å². The number of nitrogens with one attached hydrogen (secondary N) is 2. The van der Waals surface area contributed by atoms with Gasteiger partial charge in [0.15, 0.2) is 23.3 Å². The van der Waals surface area contributed by atoms with Crippen LogP contribution in [0.5, 0.6) is 0 Å². The lowest BCUT2D eigenvalue weighted by Crippen LogP contribution is -2.35. The number of hydrogen-bond donors (Lipinski definition) is 2. The van der Waals surface area contributed by atoms with Crippen LogP contribution in [0.2, 0.25) is 0 Å². The van der Waals surface area contributed by atoms with Crippen molar-refractivity contribution in [2.75, 3.05) is 43.9 Å². The fraction of sp³-hybridized carbons (Fsp3) is 0.667. The first-order valence-electron chi connectivity index (χ1n) is 7.62. The van der Waals surface area contributed by atoms with E-state index in [2.05, 4.69) is 27.6 Å². The molecule has 0 aliphatic carbocycles. The Bertz CT molecular complexity index is 467. The molecule has 1 aromatic heterocycles. The summed E-state index contributed by atoms with van der Waals surface area (Å²) in [6, 6.07) is 0.889. The number of piperidine rings is 1. The van der Waals surface area contributed by atoms with Gasteiger partial charge in [0.2, 0.25) is 0 Å². The Balaban J connectivity index is 1.98. The third-order valence-electron chi connectivity index (χ3n) is 3.75. The molecule has 1 aliphatic rings. The Morgan fingerprint density at radius 2 is 2.00 bits per heavy atom. The molecule has 2 heterocycles. The number of likely N-dealkylation sites (tertiary alicyclic amines) is 1. The summed E-state index contributed by atoms with van der Waals surface area (Å²) in [5, 5.41) is 5.90. The monoisotopic (exact) mass is 298 g/mol. The second kappa shape index (κ2) is 7.54. The van der Waals surface area contributed by atoms with Crippen molar-refractivity contribution in [3.8, 4) is 0 Å². The van der Waals surface area contributed by atoms with Gasteiger partial charge in [-0.1, -0.05) is 6.92 Å². The van der Waals surface area contributed by atoms with Crippen molar-refractivity contribution in [1.29, 1.82) is 0 Å². The SMILES string of the molecule is CCCNc1nc(NCC2CCCN(C)C2)c(F)cc1F. The molecule has 2 N–H and O–H groups in total. The van der Waals surface area contributed by atoms with Crippen molar-refractivity contribution in [3.05, 3.63) is 17.7 Å². The van der Waals surface area contributed by atoms with Gasteiger partial charge in [-0.15, -0.1) is 0 Å². The number of anilines is 2. The highest BCUT2D eigenvalue weighted by molar-refractivity contribution is 5.47. The first-order valence-corrected chi connectivity index (χ1v) is 7.62. The van der Waals surface area contributed by atoms with E-state index in [-0.39, 0.29) is 11.6 Å². The summed E-state index contributed by atoms with van der Waals surface area (Å²) < 4.78 is 27.4. The van der Waals surface area contributed by atoms with Crippen LogP contribution >= 0.6 is 0 Å². The fourth-order valence-corrected chi connectivity index (χ4v) is 2.64. The summed E-state index contributed by atoms with van der Waals surface area (Å²) in [5.41, 5.74) is 0. The molecule has 4 nitrogen and oxygen atoms in total. The molecular formula is C15H24F2N4. The maximum Gasteiger partial charge on any atom is 0.168 e. The van der Waals surface area contributed by atoms with Gasteiger partial charge < -0.3 is 15.5 Å². The largest absolute Gasteiger partial charge is 0.368 e. The van der Waals surface area contributed by atoms with E-state index in [0.29, 0.717) is 19.0 Å². The molecule has 1 saturated heterocycles. The van der Waals surface area contributed by atoms with Crippen LogP contribution in [-0.4, -0.2) is 43.1 Å². The second-order valence-corrected chi connectivity index (χ2v) is 5.73. The Kier molecular flexibility index (Phi) is 5.73. The average Bonchev–Trinajstić information content (AvgIpc) is 2.45. The van der Waals surface area contributed by atoms with Crippen molar-refractivity contribution in [2.24, 2.45) is 5.92 Å². The van der Waals surface area contributed by atoms with Crippen molar-refractivity contribution in [2.45, 2.75) is 26.2 Å². The zero-order valence-electron chi connectivity index (χ0n) is 12.8. The first-order chi connectivity index (χ1) is 10.1. The number of hydrogen-bond acceptors (Lipinski definition) is 4. The lowest BCUT2D eigenvalue weighted by atomic mass is 9.98. The summed E-state index contributed by atoms with van der Waals surface area (Å²) in [4.78, 5) is 6.30. The van der Waals surface area contributed by atoms with Crippen molar-refractivity contribution >= 4 is 11.6 Å². The van der Waals surface area contributed by atoms with E-state index < -0.39 is 11.6 Å². The summed E-state index contributed by atoms with van der Waals surface area (Å²) >= 11 is 0. The quantitative estimate of drug-likeness (QED) is 0.847. The van der Waals surface area contributed by atoms with Crippen LogP contribution in [0.3, 0.4) is 0 Å².